The van der Waals surface area contributed by atoms with Gasteiger partial charge in [-0.3, -0.25) is 0 Å². The molecular formula is C24H52N2O3S. The van der Waals surface area contributed by atoms with Crippen LogP contribution in [0.5, 0.6) is 0 Å². The molecule has 1 aliphatic rings. The van der Waals surface area contributed by atoms with Crippen LogP contribution < -0.4 is 0 Å². The molecule has 0 spiro atoms. The summed E-state index contributed by atoms with van der Waals surface area (Å²) in [5, 5.41) is 0. The van der Waals surface area contributed by atoms with Crippen molar-refractivity contribution in [1.82, 2.24) is 4.90 Å². The zero-order chi connectivity index (χ0) is 22.7. The predicted molar refractivity (Wildman–Crippen MR) is 129 cm³/mol. The summed E-state index contributed by atoms with van der Waals surface area (Å²) in [5.41, 5.74) is 0. The first-order valence-corrected chi connectivity index (χ1v) is 14.4. The van der Waals surface area contributed by atoms with Crippen LogP contribution in [0.1, 0.15) is 105 Å². The van der Waals surface area contributed by atoms with Crippen molar-refractivity contribution in [2.24, 2.45) is 0 Å². The van der Waals surface area contributed by atoms with Gasteiger partial charge < -0.3 is 13.9 Å². The van der Waals surface area contributed by atoms with Gasteiger partial charge in [0.05, 0.1) is 36.3 Å². The Labute approximate surface area is 188 Å². The number of hydrogen-bond acceptors (Lipinski definition) is 4. The summed E-state index contributed by atoms with van der Waals surface area (Å²) >= 11 is 0. The molecule has 1 fully saturated rings. The molecular weight excluding hydrogens is 396 g/mol. The van der Waals surface area contributed by atoms with Crippen molar-refractivity contribution >= 4 is 10.1 Å². The molecule has 182 valence electrons. The molecule has 0 unspecified atom stereocenters. The molecule has 0 atom stereocenters. The molecule has 1 heterocycles. The first kappa shape index (κ1) is 29.8. The molecule has 0 N–H and O–H groups in total. The van der Waals surface area contributed by atoms with Gasteiger partial charge in [0.2, 0.25) is 0 Å². The maximum Gasteiger partial charge on any atom is 0.0945 e. The second-order valence-corrected chi connectivity index (χ2v) is 10.7. The summed E-state index contributed by atoms with van der Waals surface area (Å²) in [6.07, 6.45) is 14.9. The average Bonchev–Trinajstić information content (AvgIpc) is 3.23. The highest BCUT2D eigenvalue weighted by Gasteiger charge is 2.24. The van der Waals surface area contributed by atoms with Gasteiger partial charge in [-0.15, -0.1) is 0 Å². The highest BCUT2D eigenvalue weighted by molar-refractivity contribution is 7.85. The Balaban J connectivity index is 0.000000579. The van der Waals surface area contributed by atoms with E-state index in [0.29, 0.717) is 6.42 Å². The fourth-order valence-electron chi connectivity index (χ4n) is 4.27. The van der Waals surface area contributed by atoms with Gasteiger partial charge in [-0.2, -0.15) is 0 Å². The lowest BCUT2D eigenvalue weighted by Gasteiger charge is -2.39. The minimum atomic E-state index is -3.99. The van der Waals surface area contributed by atoms with Crippen molar-refractivity contribution in [3.8, 4) is 0 Å². The van der Waals surface area contributed by atoms with Gasteiger partial charge in [0.15, 0.2) is 0 Å². The zero-order valence-electron chi connectivity index (χ0n) is 20.7. The molecule has 1 saturated heterocycles. The van der Waals surface area contributed by atoms with Gasteiger partial charge in [0.25, 0.3) is 0 Å². The van der Waals surface area contributed by atoms with Gasteiger partial charge in [-0.05, 0) is 71.0 Å². The van der Waals surface area contributed by atoms with Crippen LogP contribution in [0.3, 0.4) is 0 Å². The van der Waals surface area contributed by atoms with Crippen LogP contribution in [-0.4, -0.2) is 73.9 Å². The minimum Gasteiger partial charge on any atom is -0.748 e. The van der Waals surface area contributed by atoms with Gasteiger partial charge in [-0.1, -0.05) is 53.4 Å². The van der Waals surface area contributed by atoms with Crippen LogP contribution in [0.2, 0.25) is 0 Å². The third-order valence-corrected chi connectivity index (χ3v) is 7.05. The smallest absolute Gasteiger partial charge is 0.0945 e. The van der Waals surface area contributed by atoms with E-state index in [1.54, 1.807) is 0 Å². The summed E-state index contributed by atoms with van der Waals surface area (Å²) in [5.74, 6) is -0.208. The highest BCUT2D eigenvalue weighted by atomic mass is 32.2. The largest absolute Gasteiger partial charge is 0.748 e. The molecule has 30 heavy (non-hydrogen) atoms. The maximum atomic E-state index is 10.3. The van der Waals surface area contributed by atoms with Crippen LogP contribution in [0.15, 0.2) is 0 Å². The predicted octanol–water partition coefficient (Wildman–Crippen LogP) is 5.41. The van der Waals surface area contributed by atoms with Crippen LogP contribution in [0.25, 0.3) is 0 Å². The molecule has 0 saturated carbocycles. The SMILES string of the molecule is CCCC[N+](CCCC)(CCCC)CCCC.O=S(=O)([O-])CCCCN1CCCC1. The molecule has 0 aromatic carbocycles. The second-order valence-electron chi connectivity index (χ2n) is 9.17. The standard InChI is InChI=1S/C16H36N.C8H17NO3S/c1-5-9-13-17(14-10-6-2,15-11-7-3)16-12-8-4;10-13(11,12)8-4-3-7-9-5-1-2-6-9/h5-16H2,1-4H3;1-8H2,(H,10,11,12)/q+1;/p-1. The highest BCUT2D eigenvalue weighted by Crippen LogP contribution is 2.16. The Morgan fingerprint density at radius 3 is 1.43 bits per heavy atom. The van der Waals surface area contributed by atoms with Gasteiger partial charge in [0, 0.05) is 5.75 Å². The van der Waals surface area contributed by atoms with E-state index in [4.69, 9.17) is 0 Å². The molecule has 0 aromatic heterocycles. The third-order valence-electron chi connectivity index (χ3n) is 6.26. The topological polar surface area (TPSA) is 60.4 Å². The fourth-order valence-corrected chi connectivity index (χ4v) is 4.82. The molecule has 1 aliphatic heterocycles. The van der Waals surface area contributed by atoms with Crippen molar-refractivity contribution in [3.05, 3.63) is 0 Å². The molecule has 0 radical (unpaired) electrons. The Bertz CT molecular complexity index is 439. The minimum absolute atomic E-state index is 0.208. The van der Waals surface area contributed by atoms with E-state index < -0.39 is 10.1 Å². The van der Waals surface area contributed by atoms with E-state index in [0.717, 1.165) is 26.1 Å². The molecule has 0 aliphatic carbocycles. The Hall–Kier alpha value is -0.170. The Morgan fingerprint density at radius 2 is 1.10 bits per heavy atom. The second kappa shape index (κ2) is 18.4. The van der Waals surface area contributed by atoms with Gasteiger partial charge in [-0.25, -0.2) is 8.42 Å². The van der Waals surface area contributed by atoms with Gasteiger partial charge >= 0.3 is 0 Å². The lowest BCUT2D eigenvalue weighted by atomic mass is 10.1. The van der Waals surface area contributed by atoms with Crippen LogP contribution >= 0.6 is 0 Å². The average molecular weight is 449 g/mol. The van der Waals surface area contributed by atoms with E-state index >= 15 is 0 Å². The van der Waals surface area contributed by atoms with Crippen molar-refractivity contribution in [3.63, 3.8) is 0 Å². The Morgan fingerprint density at radius 1 is 0.700 bits per heavy atom. The summed E-state index contributed by atoms with van der Waals surface area (Å²) in [7, 11) is -3.99. The van der Waals surface area contributed by atoms with Crippen molar-refractivity contribution in [2.45, 2.75) is 105 Å². The number of nitrogens with zero attached hydrogens (tertiary/aromatic N) is 2. The first-order valence-electron chi connectivity index (χ1n) is 12.8. The molecule has 1 rings (SSSR count). The number of rotatable bonds is 17. The lowest BCUT2D eigenvalue weighted by molar-refractivity contribution is -0.929. The molecule has 0 aromatic rings. The van der Waals surface area contributed by atoms with Gasteiger partial charge in [0.1, 0.15) is 0 Å². The summed E-state index contributed by atoms with van der Waals surface area (Å²) in [6, 6.07) is 0. The lowest BCUT2D eigenvalue weighted by Crippen LogP contribution is -2.50. The number of likely N-dealkylation sites (tertiary alicyclic amines) is 1. The van der Waals surface area contributed by atoms with Crippen LogP contribution in [0, 0.1) is 0 Å². The van der Waals surface area contributed by atoms with E-state index in [1.807, 2.05) is 0 Å². The summed E-state index contributed by atoms with van der Waals surface area (Å²) in [6.45, 7) is 18.2. The fraction of sp³-hybridized carbons (Fsp3) is 1.00. The quantitative estimate of drug-likeness (QED) is 0.169. The summed E-state index contributed by atoms with van der Waals surface area (Å²) < 4.78 is 32.2. The van der Waals surface area contributed by atoms with Crippen molar-refractivity contribution < 1.29 is 17.5 Å². The Kier molecular flexibility index (Phi) is 18.3. The monoisotopic (exact) mass is 448 g/mol. The number of quaternary nitrogens is 1. The first-order chi connectivity index (χ1) is 14.3. The van der Waals surface area contributed by atoms with Crippen LogP contribution in [-0.2, 0) is 10.1 Å². The number of hydrogen-bond donors (Lipinski definition) is 0. The summed E-state index contributed by atoms with van der Waals surface area (Å²) in [4.78, 5) is 2.32. The van der Waals surface area contributed by atoms with E-state index in [9.17, 15) is 13.0 Å². The van der Waals surface area contributed by atoms with Crippen molar-refractivity contribution in [2.75, 3.05) is 51.6 Å². The number of unbranched alkanes of at least 4 members (excludes halogenated alkanes) is 5. The molecule has 0 amide bonds. The van der Waals surface area contributed by atoms with E-state index in [2.05, 4.69) is 32.6 Å². The van der Waals surface area contributed by atoms with E-state index in [-0.39, 0.29) is 5.75 Å². The molecule has 0 bridgehead atoms. The maximum absolute atomic E-state index is 10.3. The zero-order valence-corrected chi connectivity index (χ0v) is 21.5. The molecule has 6 heteroatoms. The third kappa shape index (κ3) is 16.5. The van der Waals surface area contributed by atoms with E-state index in [1.165, 1.54) is 94.9 Å². The van der Waals surface area contributed by atoms with Crippen molar-refractivity contribution in [1.29, 1.82) is 0 Å². The van der Waals surface area contributed by atoms with Crippen LogP contribution in [0.4, 0.5) is 0 Å². The molecule has 5 nitrogen and oxygen atoms in total. The normalized spacial score (nSPS) is 15.2.